The number of anilines is 1. The summed E-state index contributed by atoms with van der Waals surface area (Å²) in [6.45, 7) is 0.552. The van der Waals surface area contributed by atoms with E-state index >= 15 is 0 Å². The number of nitrogens with zero attached hydrogens (tertiary/aromatic N) is 2. The molecule has 27 heavy (non-hydrogen) atoms. The number of ether oxygens (including phenoxy) is 1. The molecule has 1 aromatic heterocycles. The second-order valence-corrected chi connectivity index (χ2v) is 9.44. The van der Waals surface area contributed by atoms with Crippen molar-refractivity contribution in [2.45, 2.75) is 9.10 Å². The van der Waals surface area contributed by atoms with Gasteiger partial charge in [0.05, 0.1) is 24.2 Å². The minimum absolute atomic E-state index is 0.265. The zero-order chi connectivity index (χ0) is 18.9. The van der Waals surface area contributed by atoms with Gasteiger partial charge in [0, 0.05) is 17.0 Å². The predicted molar refractivity (Wildman–Crippen MR) is 112 cm³/mol. The number of rotatable bonds is 5. The van der Waals surface area contributed by atoms with E-state index in [1.54, 1.807) is 36.9 Å². The molecule has 2 heterocycles. The van der Waals surface area contributed by atoms with Gasteiger partial charge in [0.25, 0.3) is 10.0 Å². The highest BCUT2D eigenvalue weighted by atomic mass is 32.2. The zero-order valence-corrected chi connectivity index (χ0v) is 16.7. The highest BCUT2D eigenvalue weighted by molar-refractivity contribution is 8.14. The Morgan fingerprint density at radius 3 is 2.67 bits per heavy atom. The molecule has 0 aliphatic carbocycles. The van der Waals surface area contributed by atoms with Gasteiger partial charge in [0.15, 0.2) is 5.17 Å². The third-order valence-corrected chi connectivity index (χ3v) is 7.58. The lowest BCUT2D eigenvalue weighted by molar-refractivity contribution is 0.410. The lowest BCUT2D eigenvalue weighted by Gasteiger charge is -2.16. The van der Waals surface area contributed by atoms with Gasteiger partial charge in [0.1, 0.15) is 9.96 Å². The topological polar surface area (TPSA) is 80.1 Å². The fraction of sp³-hybridized carbons (Fsp3) is 0.111. The van der Waals surface area contributed by atoms with Crippen LogP contribution in [0.3, 0.4) is 0 Å². The van der Waals surface area contributed by atoms with Crippen molar-refractivity contribution >= 4 is 61.0 Å². The monoisotopic (exact) mass is 417 g/mol. The van der Waals surface area contributed by atoms with Crippen LogP contribution in [0.4, 0.5) is 5.69 Å². The van der Waals surface area contributed by atoms with Crippen LogP contribution in [0.5, 0.6) is 5.75 Å². The molecule has 0 unspecified atom stereocenters. The molecule has 1 aliphatic rings. The third-order valence-electron chi connectivity index (χ3n) is 3.88. The average molecular weight is 418 g/mol. The third kappa shape index (κ3) is 3.58. The molecule has 0 bridgehead atoms. The molecule has 1 N–H and O–H groups in total. The average Bonchev–Trinajstić information content (AvgIpc) is 3.36. The first-order chi connectivity index (χ1) is 13.1. The molecular formula is C18H15N3O3S3. The highest BCUT2D eigenvalue weighted by Crippen LogP contribution is 2.42. The first-order valence-corrected chi connectivity index (χ1v) is 11.2. The fourth-order valence-electron chi connectivity index (χ4n) is 2.74. The summed E-state index contributed by atoms with van der Waals surface area (Å²) in [5, 5.41) is 3.93. The number of hydrogen-bond donors (Lipinski definition) is 1. The minimum atomic E-state index is -3.67. The molecular weight excluding hydrogens is 402 g/mol. The molecule has 0 spiro atoms. The Labute approximate surface area is 165 Å². The quantitative estimate of drug-likeness (QED) is 0.673. The van der Waals surface area contributed by atoms with E-state index in [1.807, 2.05) is 24.3 Å². The maximum atomic E-state index is 12.7. The minimum Gasteiger partial charge on any atom is -0.495 e. The van der Waals surface area contributed by atoms with E-state index in [0.717, 1.165) is 15.7 Å². The number of methoxy groups -OCH3 is 1. The second kappa shape index (κ2) is 7.34. The maximum Gasteiger partial charge on any atom is 0.271 e. The Kier molecular flexibility index (Phi) is 4.90. The van der Waals surface area contributed by atoms with E-state index in [9.17, 15) is 8.42 Å². The Balaban J connectivity index is 1.85. The van der Waals surface area contributed by atoms with Gasteiger partial charge in [-0.05, 0) is 29.3 Å². The lowest BCUT2D eigenvalue weighted by atomic mass is 10.1. The Morgan fingerprint density at radius 2 is 2.00 bits per heavy atom. The Bertz CT molecular complexity index is 1150. The summed E-state index contributed by atoms with van der Waals surface area (Å²) >= 11 is 2.52. The standard InChI is InChI=1S/C18H15N3O3S3/c1-24-17-13-6-3-2-5-12(13)14(11-15(17)26-18-19-8-9-20-18)21-27(22,23)16-7-4-10-25-16/h2-8,10-11,21H,9H2,1H3. The van der Waals surface area contributed by atoms with Gasteiger partial charge in [-0.1, -0.05) is 30.3 Å². The van der Waals surface area contributed by atoms with Crippen LogP contribution in [0.2, 0.25) is 0 Å². The number of sulfonamides is 1. The molecule has 0 radical (unpaired) electrons. The molecule has 138 valence electrons. The van der Waals surface area contributed by atoms with Crippen molar-refractivity contribution in [1.29, 1.82) is 0 Å². The number of hydrogen-bond acceptors (Lipinski definition) is 7. The molecule has 1 aliphatic heterocycles. The van der Waals surface area contributed by atoms with E-state index < -0.39 is 10.0 Å². The molecule has 0 saturated heterocycles. The number of benzene rings is 2. The van der Waals surface area contributed by atoms with Gasteiger partial charge in [0.2, 0.25) is 0 Å². The molecule has 6 nitrogen and oxygen atoms in total. The summed E-state index contributed by atoms with van der Waals surface area (Å²) in [5.74, 6) is 0.666. The predicted octanol–water partition coefficient (Wildman–Crippen LogP) is 4.24. The van der Waals surface area contributed by atoms with Gasteiger partial charge >= 0.3 is 0 Å². The fourth-order valence-corrected chi connectivity index (χ4v) is 5.73. The van der Waals surface area contributed by atoms with Crippen LogP contribution in [0, 0.1) is 0 Å². The van der Waals surface area contributed by atoms with Crippen molar-refractivity contribution in [3.63, 3.8) is 0 Å². The number of fused-ring (bicyclic) bond motifs is 1. The second-order valence-electron chi connectivity index (χ2n) is 5.58. The first-order valence-electron chi connectivity index (χ1n) is 7.99. The van der Waals surface area contributed by atoms with E-state index in [2.05, 4.69) is 14.7 Å². The van der Waals surface area contributed by atoms with Gasteiger partial charge in [-0.15, -0.1) is 11.3 Å². The van der Waals surface area contributed by atoms with Crippen molar-refractivity contribution in [2.24, 2.45) is 9.98 Å². The van der Waals surface area contributed by atoms with Gasteiger partial charge in [-0.3, -0.25) is 9.71 Å². The van der Waals surface area contributed by atoms with Gasteiger partial charge in [-0.25, -0.2) is 13.4 Å². The Hall–Kier alpha value is -2.36. The molecule has 0 fully saturated rings. The van der Waals surface area contributed by atoms with Crippen LogP contribution in [0.25, 0.3) is 10.8 Å². The van der Waals surface area contributed by atoms with E-state index in [0.29, 0.717) is 23.1 Å². The summed E-state index contributed by atoms with van der Waals surface area (Å²) in [7, 11) is -2.07. The summed E-state index contributed by atoms with van der Waals surface area (Å²) in [6.07, 6.45) is 1.73. The normalized spacial score (nSPS) is 13.7. The van der Waals surface area contributed by atoms with Crippen molar-refractivity contribution < 1.29 is 13.2 Å². The number of thioether (sulfide) groups is 1. The molecule has 9 heteroatoms. The smallest absolute Gasteiger partial charge is 0.271 e. The Morgan fingerprint density at radius 1 is 1.19 bits per heavy atom. The number of thiophene rings is 1. The van der Waals surface area contributed by atoms with Crippen molar-refractivity contribution in [1.82, 2.24) is 0 Å². The zero-order valence-electron chi connectivity index (χ0n) is 14.2. The molecule has 3 aromatic rings. The van der Waals surface area contributed by atoms with Crippen LogP contribution < -0.4 is 9.46 Å². The largest absolute Gasteiger partial charge is 0.495 e. The van der Waals surface area contributed by atoms with E-state index in [1.165, 1.54) is 23.1 Å². The SMILES string of the molecule is COc1c(SC2=NCC=N2)cc(NS(=O)(=O)c2cccs2)c2ccccc12. The van der Waals surface area contributed by atoms with Crippen molar-refractivity contribution in [2.75, 3.05) is 18.4 Å². The summed E-state index contributed by atoms with van der Waals surface area (Å²) in [6, 6.07) is 12.6. The lowest BCUT2D eigenvalue weighted by Crippen LogP contribution is -2.12. The highest BCUT2D eigenvalue weighted by Gasteiger charge is 2.20. The molecule has 4 rings (SSSR count). The van der Waals surface area contributed by atoms with Crippen LogP contribution in [0.1, 0.15) is 0 Å². The van der Waals surface area contributed by atoms with Crippen LogP contribution in [-0.4, -0.2) is 33.5 Å². The van der Waals surface area contributed by atoms with Crippen LogP contribution in [0.15, 0.2) is 66.9 Å². The summed E-state index contributed by atoms with van der Waals surface area (Å²) < 4.78 is 34.1. The number of aliphatic imine (C=N–C) groups is 2. The van der Waals surface area contributed by atoms with Gasteiger partial charge < -0.3 is 4.74 Å². The van der Waals surface area contributed by atoms with E-state index in [-0.39, 0.29) is 4.21 Å². The maximum absolute atomic E-state index is 12.7. The molecule has 0 amide bonds. The van der Waals surface area contributed by atoms with Crippen molar-refractivity contribution in [3.8, 4) is 5.75 Å². The van der Waals surface area contributed by atoms with E-state index in [4.69, 9.17) is 4.74 Å². The van der Waals surface area contributed by atoms with Crippen molar-refractivity contribution in [3.05, 3.63) is 47.8 Å². The van der Waals surface area contributed by atoms with Crippen LogP contribution in [-0.2, 0) is 10.0 Å². The van der Waals surface area contributed by atoms with Gasteiger partial charge in [-0.2, -0.15) is 0 Å². The van der Waals surface area contributed by atoms with Crippen LogP contribution >= 0.6 is 23.1 Å². The first kappa shape index (κ1) is 18.0. The molecule has 2 aromatic carbocycles. The number of amidine groups is 1. The molecule has 0 atom stereocenters. The number of nitrogens with one attached hydrogen (secondary N) is 1. The molecule has 0 saturated carbocycles. The summed E-state index contributed by atoms with van der Waals surface area (Å²) in [4.78, 5) is 9.27. The summed E-state index contributed by atoms with van der Waals surface area (Å²) in [5.41, 5.74) is 0.491.